The molecule has 0 unspecified atom stereocenters. The van der Waals surface area contributed by atoms with Crippen LogP contribution in [0.15, 0.2) is 48.0 Å². The maximum absolute atomic E-state index is 12.7. The minimum absolute atomic E-state index is 0.0963. The normalized spacial score (nSPS) is 26.3. The first-order valence-corrected chi connectivity index (χ1v) is 8.33. The fourth-order valence-electron chi connectivity index (χ4n) is 2.40. The molecule has 2 N–H and O–H groups in total. The molecule has 1 aromatic rings. The second-order valence-electron chi connectivity index (χ2n) is 5.84. The third kappa shape index (κ3) is 5.78. The minimum Gasteiger partial charge on any atom is -0.475 e. The Morgan fingerprint density at radius 1 is 1.39 bits per heavy atom. The van der Waals surface area contributed by atoms with Gasteiger partial charge in [0.2, 0.25) is 11.8 Å². The Bertz CT molecular complexity index is 723. The number of hydrogen-bond acceptors (Lipinski definition) is 7. The van der Waals surface area contributed by atoms with E-state index < -0.39 is 36.3 Å². The number of nitrogens with zero attached hydrogens (tertiary/aromatic N) is 2. The summed E-state index contributed by atoms with van der Waals surface area (Å²) in [5.41, 5.74) is -1.12. The SMILES string of the molecule is C=C/C=C\C(=NC)OC[C@H]1OC[C@H](Oc2cccc(C(F)(F)F)n2)[C@@H](O)[C@H]1O. The van der Waals surface area contributed by atoms with Gasteiger partial charge in [-0.2, -0.15) is 13.2 Å². The molecule has 0 bridgehead atoms. The Morgan fingerprint density at radius 3 is 2.79 bits per heavy atom. The quantitative estimate of drug-likeness (QED) is 0.428. The van der Waals surface area contributed by atoms with Crippen LogP contribution >= 0.6 is 0 Å². The van der Waals surface area contributed by atoms with Crippen molar-refractivity contribution in [3.63, 3.8) is 0 Å². The molecule has 4 atom stereocenters. The lowest BCUT2D eigenvalue weighted by molar-refractivity contribution is -0.188. The highest BCUT2D eigenvalue weighted by Gasteiger charge is 2.41. The summed E-state index contributed by atoms with van der Waals surface area (Å²) in [4.78, 5) is 7.25. The molecule has 7 nitrogen and oxygen atoms in total. The van der Waals surface area contributed by atoms with E-state index in [0.717, 1.165) is 12.1 Å². The topological polar surface area (TPSA) is 93.4 Å². The summed E-state index contributed by atoms with van der Waals surface area (Å²) in [5.74, 6) is -0.0592. The Morgan fingerprint density at radius 2 is 2.14 bits per heavy atom. The van der Waals surface area contributed by atoms with Crippen molar-refractivity contribution in [2.24, 2.45) is 4.99 Å². The van der Waals surface area contributed by atoms with Crippen LogP contribution in [0.1, 0.15) is 5.69 Å². The van der Waals surface area contributed by atoms with Crippen LogP contribution in [-0.2, 0) is 15.7 Å². The lowest BCUT2D eigenvalue weighted by atomic mass is 10.0. The van der Waals surface area contributed by atoms with Gasteiger partial charge in [0, 0.05) is 13.1 Å². The fourth-order valence-corrected chi connectivity index (χ4v) is 2.40. The summed E-state index contributed by atoms with van der Waals surface area (Å²) in [6.07, 6.45) is -4.68. The highest BCUT2D eigenvalue weighted by atomic mass is 19.4. The first-order valence-electron chi connectivity index (χ1n) is 8.33. The summed E-state index contributed by atoms with van der Waals surface area (Å²) in [6, 6.07) is 3.16. The molecule has 1 aliphatic rings. The van der Waals surface area contributed by atoms with E-state index in [4.69, 9.17) is 14.2 Å². The number of aliphatic hydroxyl groups is 2. The van der Waals surface area contributed by atoms with Crippen LogP contribution in [0.25, 0.3) is 0 Å². The molecule has 154 valence electrons. The van der Waals surface area contributed by atoms with Crippen molar-refractivity contribution >= 4 is 5.90 Å². The van der Waals surface area contributed by atoms with Crippen LogP contribution < -0.4 is 4.74 Å². The zero-order valence-electron chi connectivity index (χ0n) is 15.0. The monoisotopic (exact) mass is 402 g/mol. The van der Waals surface area contributed by atoms with E-state index in [1.54, 1.807) is 12.2 Å². The zero-order chi connectivity index (χ0) is 20.7. The van der Waals surface area contributed by atoms with Crippen LogP contribution in [0.3, 0.4) is 0 Å². The van der Waals surface area contributed by atoms with Gasteiger partial charge in [0.15, 0.2) is 6.10 Å². The van der Waals surface area contributed by atoms with Gasteiger partial charge < -0.3 is 24.4 Å². The van der Waals surface area contributed by atoms with Crippen LogP contribution in [0, 0.1) is 0 Å². The molecule has 1 saturated heterocycles. The molecule has 1 aromatic heterocycles. The highest BCUT2D eigenvalue weighted by Crippen LogP contribution is 2.29. The predicted molar refractivity (Wildman–Crippen MR) is 94.1 cm³/mol. The second kappa shape index (κ2) is 9.67. The van der Waals surface area contributed by atoms with E-state index in [-0.39, 0.29) is 25.0 Å². The van der Waals surface area contributed by atoms with E-state index in [0.29, 0.717) is 0 Å². The van der Waals surface area contributed by atoms with E-state index in [9.17, 15) is 23.4 Å². The van der Waals surface area contributed by atoms with Gasteiger partial charge in [0.05, 0.1) is 6.61 Å². The number of halogens is 3. The maximum atomic E-state index is 12.7. The summed E-state index contributed by atoms with van der Waals surface area (Å²) < 4.78 is 54.3. The number of allylic oxidation sites excluding steroid dienone is 2. The van der Waals surface area contributed by atoms with Crippen molar-refractivity contribution < 1.29 is 37.6 Å². The van der Waals surface area contributed by atoms with Gasteiger partial charge in [-0.3, -0.25) is 4.99 Å². The number of pyridine rings is 1. The van der Waals surface area contributed by atoms with Crippen molar-refractivity contribution in [1.82, 2.24) is 4.98 Å². The molecular formula is C18H21F3N2O5. The number of aliphatic hydroxyl groups excluding tert-OH is 2. The lowest BCUT2D eigenvalue weighted by Gasteiger charge is -2.37. The van der Waals surface area contributed by atoms with Gasteiger partial charge >= 0.3 is 6.18 Å². The standard InChI is InChI=1S/C18H21F3N2O5/c1-3-4-7-14(22-2)27-9-11-16(24)17(25)12(10-26-11)28-15-8-5-6-13(23-15)18(19,20)21/h3-8,11-12,16-17,24-25H,1,9-10H2,2H3/b7-4-,22-14?/t11-,12+,16+,17-/m1/s1. The summed E-state index contributed by atoms with van der Waals surface area (Å²) in [7, 11) is 1.52. The average molecular weight is 402 g/mol. The molecule has 0 amide bonds. The highest BCUT2D eigenvalue weighted by molar-refractivity contribution is 5.87. The van der Waals surface area contributed by atoms with Crippen LogP contribution in [0.4, 0.5) is 13.2 Å². The molecule has 1 fully saturated rings. The summed E-state index contributed by atoms with van der Waals surface area (Å²) in [6.45, 7) is 3.25. The molecular weight excluding hydrogens is 381 g/mol. The van der Waals surface area contributed by atoms with E-state index in [1.165, 1.54) is 19.2 Å². The molecule has 2 heterocycles. The Hall–Kier alpha value is -2.43. The predicted octanol–water partition coefficient (Wildman–Crippen LogP) is 1.76. The number of alkyl halides is 3. The summed E-state index contributed by atoms with van der Waals surface area (Å²) in [5, 5.41) is 20.5. The maximum Gasteiger partial charge on any atom is 0.433 e. The number of aliphatic imine (C=N–C) groups is 1. The molecule has 0 saturated carbocycles. The molecule has 1 aliphatic heterocycles. The zero-order valence-corrected chi connectivity index (χ0v) is 15.0. The third-order valence-electron chi connectivity index (χ3n) is 3.86. The van der Waals surface area contributed by atoms with Crippen molar-refractivity contribution in [2.45, 2.75) is 30.6 Å². The molecule has 10 heteroatoms. The number of aromatic nitrogens is 1. The van der Waals surface area contributed by atoms with E-state index in [1.807, 2.05) is 0 Å². The van der Waals surface area contributed by atoms with Gasteiger partial charge in [0.25, 0.3) is 0 Å². The minimum atomic E-state index is -4.62. The average Bonchev–Trinajstić information content (AvgIpc) is 2.66. The Kier molecular flexibility index (Phi) is 7.55. The van der Waals surface area contributed by atoms with Gasteiger partial charge in [0.1, 0.15) is 30.6 Å². The molecule has 0 spiro atoms. The number of rotatable bonds is 6. The van der Waals surface area contributed by atoms with Crippen molar-refractivity contribution in [3.05, 3.63) is 48.7 Å². The summed E-state index contributed by atoms with van der Waals surface area (Å²) >= 11 is 0. The van der Waals surface area contributed by atoms with Crippen molar-refractivity contribution in [3.8, 4) is 5.88 Å². The first kappa shape index (κ1) is 21.9. The van der Waals surface area contributed by atoms with Gasteiger partial charge in [-0.25, -0.2) is 4.98 Å². The first-order chi connectivity index (χ1) is 13.3. The number of ether oxygens (including phenoxy) is 3. The molecule has 0 aliphatic carbocycles. The second-order valence-corrected chi connectivity index (χ2v) is 5.84. The smallest absolute Gasteiger partial charge is 0.433 e. The lowest BCUT2D eigenvalue weighted by Crippen LogP contribution is -2.56. The van der Waals surface area contributed by atoms with Crippen LogP contribution in [0.2, 0.25) is 0 Å². The van der Waals surface area contributed by atoms with E-state index in [2.05, 4.69) is 16.6 Å². The largest absolute Gasteiger partial charge is 0.475 e. The number of hydrogen-bond donors (Lipinski definition) is 2. The van der Waals surface area contributed by atoms with Crippen LogP contribution in [-0.4, -0.2) is 65.8 Å². The molecule has 2 rings (SSSR count). The molecule has 0 radical (unpaired) electrons. The Labute approximate surface area is 159 Å². The van der Waals surface area contributed by atoms with Crippen LogP contribution in [0.5, 0.6) is 5.88 Å². The molecule has 28 heavy (non-hydrogen) atoms. The third-order valence-corrected chi connectivity index (χ3v) is 3.86. The van der Waals surface area contributed by atoms with Crippen molar-refractivity contribution in [2.75, 3.05) is 20.3 Å². The molecule has 0 aromatic carbocycles. The van der Waals surface area contributed by atoms with Gasteiger partial charge in [-0.05, 0) is 12.1 Å². The van der Waals surface area contributed by atoms with Gasteiger partial charge in [-0.15, -0.1) is 0 Å². The van der Waals surface area contributed by atoms with E-state index >= 15 is 0 Å². The van der Waals surface area contributed by atoms with Gasteiger partial charge in [-0.1, -0.05) is 24.8 Å². The van der Waals surface area contributed by atoms with Crippen molar-refractivity contribution in [1.29, 1.82) is 0 Å². The Balaban J connectivity index is 1.96. The fraction of sp³-hybridized carbons (Fsp3) is 0.444.